The van der Waals surface area contributed by atoms with E-state index in [4.69, 9.17) is 4.42 Å². The van der Waals surface area contributed by atoms with Crippen LogP contribution in [0.5, 0.6) is 0 Å². The Bertz CT molecular complexity index is 1560. The first-order valence-corrected chi connectivity index (χ1v) is 10.2. The van der Waals surface area contributed by atoms with E-state index in [0.29, 0.717) is 22.4 Å². The second-order valence-electron chi connectivity index (χ2n) is 7.57. The molecule has 2 aromatic heterocycles. The molecular weight excluding hydrogens is 441 g/mol. The number of anilines is 1. The van der Waals surface area contributed by atoms with Crippen molar-refractivity contribution in [3.8, 4) is 17.0 Å². The summed E-state index contributed by atoms with van der Waals surface area (Å²) in [6.07, 6.45) is 0. The SMILES string of the molecule is Cc1ccc(-c2ccc(C(=O)Nc3ccc4nn(-c5ccc(F)cc5)nc4c3)o2)c([N+](=O)[O-])c1. The molecule has 5 rings (SSSR count). The fraction of sp³-hybridized carbons (Fsp3) is 0.0417. The Balaban J connectivity index is 1.38. The lowest BCUT2D eigenvalue weighted by Gasteiger charge is -2.03. The molecule has 2 heterocycles. The van der Waals surface area contributed by atoms with Gasteiger partial charge in [-0.25, -0.2) is 4.39 Å². The molecule has 34 heavy (non-hydrogen) atoms. The first-order chi connectivity index (χ1) is 16.4. The lowest BCUT2D eigenvalue weighted by atomic mass is 10.1. The molecule has 0 saturated heterocycles. The normalized spacial score (nSPS) is 11.0. The van der Waals surface area contributed by atoms with Crippen molar-refractivity contribution in [1.82, 2.24) is 15.0 Å². The fourth-order valence-electron chi connectivity index (χ4n) is 3.48. The smallest absolute Gasteiger partial charge is 0.291 e. The molecule has 0 spiro atoms. The molecule has 0 atom stereocenters. The second kappa shape index (κ2) is 8.24. The number of hydrogen-bond donors (Lipinski definition) is 1. The van der Waals surface area contributed by atoms with Gasteiger partial charge < -0.3 is 9.73 Å². The predicted molar refractivity (Wildman–Crippen MR) is 122 cm³/mol. The number of hydrogen-bond acceptors (Lipinski definition) is 6. The molecule has 0 fully saturated rings. The van der Waals surface area contributed by atoms with Crippen LogP contribution >= 0.6 is 0 Å². The highest BCUT2D eigenvalue weighted by Crippen LogP contribution is 2.32. The van der Waals surface area contributed by atoms with Crippen LogP contribution in [0.1, 0.15) is 16.1 Å². The standard InChI is InChI=1S/C24H16FN5O4/c1-14-2-8-18(21(12-14)30(32)33)22-10-11-23(34-22)24(31)26-16-5-9-19-20(13-16)28-29(27-19)17-6-3-15(25)4-7-17/h2-13H,1H3,(H,26,31). The molecule has 5 aromatic rings. The highest BCUT2D eigenvalue weighted by Gasteiger charge is 2.20. The van der Waals surface area contributed by atoms with E-state index in [9.17, 15) is 19.3 Å². The summed E-state index contributed by atoms with van der Waals surface area (Å²) in [4.78, 5) is 25.0. The summed E-state index contributed by atoms with van der Waals surface area (Å²) in [5, 5.41) is 22.9. The molecule has 168 valence electrons. The average Bonchev–Trinajstić information content (AvgIpc) is 3.47. The number of fused-ring (bicyclic) bond motifs is 1. The van der Waals surface area contributed by atoms with Crippen molar-refractivity contribution in [3.63, 3.8) is 0 Å². The quantitative estimate of drug-likeness (QED) is 0.283. The molecule has 0 radical (unpaired) electrons. The minimum atomic E-state index is -0.522. The second-order valence-corrected chi connectivity index (χ2v) is 7.57. The third-order valence-corrected chi connectivity index (χ3v) is 5.14. The van der Waals surface area contributed by atoms with E-state index in [0.717, 1.165) is 5.56 Å². The van der Waals surface area contributed by atoms with Crippen molar-refractivity contribution in [2.24, 2.45) is 0 Å². The van der Waals surface area contributed by atoms with E-state index >= 15 is 0 Å². The summed E-state index contributed by atoms with van der Waals surface area (Å²) >= 11 is 0. The van der Waals surface area contributed by atoms with Crippen LogP contribution < -0.4 is 5.32 Å². The number of nitrogens with zero attached hydrogens (tertiary/aromatic N) is 4. The van der Waals surface area contributed by atoms with E-state index < -0.39 is 10.8 Å². The minimum absolute atomic E-state index is 0.0000589. The number of benzene rings is 3. The van der Waals surface area contributed by atoms with Gasteiger partial charge in [0.1, 0.15) is 22.6 Å². The monoisotopic (exact) mass is 457 g/mol. The van der Waals surface area contributed by atoms with Gasteiger partial charge in [-0.2, -0.15) is 4.80 Å². The highest BCUT2D eigenvalue weighted by molar-refractivity contribution is 6.03. The van der Waals surface area contributed by atoms with Crippen molar-refractivity contribution >= 4 is 28.3 Å². The molecule has 3 aromatic carbocycles. The Hall–Kier alpha value is -4.86. The molecule has 0 saturated carbocycles. The van der Waals surface area contributed by atoms with Crippen LogP contribution in [-0.4, -0.2) is 25.8 Å². The van der Waals surface area contributed by atoms with Crippen LogP contribution in [0.4, 0.5) is 15.8 Å². The summed E-state index contributed by atoms with van der Waals surface area (Å²) in [5.41, 5.74) is 3.10. The maximum absolute atomic E-state index is 13.2. The van der Waals surface area contributed by atoms with Gasteiger partial charge in [-0.3, -0.25) is 14.9 Å². The zero-order valence-corrected chi connectivity index (χ0v) is 17.7. The number of amides is 1. The van der Waals surface area contributed by atoms with Crippen LogP contribution in [0.2, 0.25) is 0 Å². The zero-order chi connectivity index (χ0) is 23.8. The molecule has 10 heteroatoms. The van der Waals surface area contributed by atoms with Crippen LogP contribution in [0.3, 0.4) is 0 Å². The van der Waals surface area contributed by atoms with Gasteiger partial charge in [0.2, 0.25) is 0 Å². The number of halogens is 1. The van der Waals surface area contributed by atoms with Crippen LogP contribution in [0, 0.1) is 22.9 Å². The van der Waals surface area contributed by atoms with Gasteiger partial charge >= 0.3 is 0 Å². The van der Waals surface area contributed by atoms with Crippen molar-refractivity contribution in [2.45, 2.75) is 6.92 Å². The fourth-order valence-corrected chi connectivity index (χ4v) is 3.48. The molecule has 0 bridgehead atoms. The molecular formula is C24H16FN5O4. The number of nitro groups is 1. The summed E-state index contributed by atoms with van der Waals surface area (Å²) in [7, 11) is 0. The highest BCUT2D eigenvalue weighted by atomic mass is 19.1. The average molecular weight is 457 g/mol. The van der Waals surface area contributed by atoms with E-state index in [1.165, 1.54) is 35.1 Å². The van der Waals surface area contributed by atoms with Gasteiger partial charge in [0, 0.05) is 11.8 Å². The third kappa shape index (κ3) is 3.99. The van der Waals surface area contributed by atoms with Gasteiger partial charge in [-0.15, -0.1) is 10.2 Å². The lowest BCUT2D eigenvalue weighted by Crippen LogP contribution is -2.10. The largest absolute Gasteiger partial charge is 0.451 e. The molecule has 9 nitrogen and oxygen atoms in total. The minimum Gasteiger partial charge on any atom is -0.451 e. The summed E-state index contributed by atoms with van der Waals surface area (Å²) in [6, 6.07) is 18.5. The Morgan fingerprint density at radius 3 is 2.53 bits per heavy atom. The molecule has 1 amide bonds. The van der Waals surface area contributed by atoms with Crippen molar-refractivity contribution in [3.05, 3.63) is 100 Å². The van der Waals surface area contributed by atoms with Gasteiger partial charge in [0.15, 0.2) is 5.76 Å². The van der Waals surface area contributed by atoms with Crippen molar-refractivity contribution < 1.29 is 18.5 Å². The summed E-state index contributed by atoms with van der Waals surface area (Å²) < 4.78 is 18.8. The number of nitro benzene ring substituents is 1. The third-order valence-electron chi connectivity index (χ3n) is 5.14. The van der Waals surface area contributed by atoms with Gasteiger partial charge in [0.25, 0.3) is 11.6 Å². The van der Waals surface area contributed by atoms with E-state index in [2.05, 4.69) is 15.5 Å². The zero-order valence-electron chi connectivity index (χ0n) is 17.7. The van der Waals surface area contributed by atoms with Gasteiger partial charge in [-0.05, 0) is 73.2 Å². The topological polar surface area (TPSA) is 116 Å². The Morgan fingerprint density at radius 2 is 1.76 bits per heavy atom. The van der Waals surface area contributed by atoms with Crippen LogP contribution in [-0.2, 0) is 0 Å². The molecule has 0 unspecified atom stereocenters. The first kappa shape index (κ1) is 21.0. The van der Waals surface area contributed by atoms with Crippen molar-refractivity contribution in [2.75, 3.05) is 5.32 Å². The molecule has 0 aliphatic heterocycles. The molecule has 0 aliphatic carbocycles. The Labute approximate surface area is 191 Å². The van der Waals surface area contributed by atoms with E-state index in [-0.39, 0.29) is 28.6 Å². The van der Waals surface area contributed by atoms with E-state index in [1.807, 2.05) is 0 Å². The number of rotatable bonds is 5. The summed E-state index contributed by atoms with van der Waals surface area (Å²) in [5.74, 6) is -0.663. The summed E-state index contributed by atoms with van der Waals surface area (Å²) in [6.45, 7) is 1.76. The Morgan fingerprint density at radius 1 is 1.00 bits per heavy atom. The first-order valence-electron chi connectivity index (χ1n) is 10.2. The molecule has 1 N–H and O–H groups in total. The van der Waals surface area contributed by atoms with Gasteiger partial charge in [-0.1, -0.05) is 6.07 Å². The number of nitrogens with one attached hydrogen (secondary N) is 1. The predicted octanol–water partition coefficient (Wildman–Crippen LogP) is 5.29. The Kier molecular flexibility index (Phi) is 5.09. The number of carbonyl (C=O) groups excluding carboxylic acids is 1. The van der Waals surface area contributed by atoms with Crippen molar-refractivity contribution in [1.29, 1.82) is 0 Å². The number of carbonyl (C=O) groups is 1. The van der Waals surface area contributed by atoms with Crippen LogP contribution in [0.15, 0.2) is 77.2 Å². The maximum Gasteiger partial charge on any atom is 0.291 e. The number of furan rings is 1. The van der Waals surface area contributed by atoms with E-state index in [1.54, 1.807) is 49.4 Å². The number of aryl methyl sites for hydroxylation is 1. The molecule has 0 aliphatic rings. The van der Waals surface area contributed by atoms with Gasteiger partial charge in [0.05, 0.1) is 16.2 Å². The lowest BCUT2D eigenvalue weighted by molar-refractivity contribution is -0.384. The number of aromatic nitrogens is 3. The van der Waals surface area contributed by atoms with Crippen LogP contribution in [0.25, 0.3) is 28.0 Å². The maximum atomic E-state index is 13.2.